The van der Waals surface area contributed by atoms with Crippen LogP contribution < -0.4 is 21.7 Å². The summed E-state index contributed by atoms with van der Waals surface area (Å²) in [7, 11) is 0. The molecule has 0 atom stereocenters. The van der Waals surface area contributed by atoms with Crippen molar-refractivity contribution < 1.29 is 4.79 Å². The summed E-state index contributed by atoms with van der Waals surface area (Å²) in [6, 6.07) is 7.36. The SMILES string of the molecule is C=C(C)CNC(N)=NCc1ccc(NC(=O)NC(C)C)cc1.I. The molecule has 6 nitrogen and oxygen atoms in total. The molecule has 1 aromatic carbocycles. The first-order chi connectivity index (χ1) is 10.4. The highest BCUT2D eigenvalue weighted by Crippen LogP contribution is 2.10. The predicted molar refractivity (Wildman–Crippen MR) is 107 cm³/mol. The van der Waals surface area contributed by atoms with Crippen LogP contribution >= 0.6 is 24.0 Å². The highest BCUT2D eigenvalue weighted by atomic mass is 127. The normalized spacial score (nSPS) is 10.7. The number of carbonyl (C=O) groups excluding carboxylic acids is 1. The second-order valence-electron chi connectivity index (χ2n) is 5.46. The number of urea groups is 1. The third-order valence-corrected chi connectivity index (χ3v) is 2.63. The molecule has 0 fully saturated rings. The monoisotopic (exact) mass is 431 g/mol. The maximum Gasteiger partial charge on any atom is 0.319 e. The molecule has 0 radical (unpaired) electrons. The Morgan fingerprint density at radius 3 is 2.43 bits per heavy atom. The van der Waals surface area contributed by atoms with Crippen LogP contribution in [0.4, 0.5) is 10.5 Å². The van der Waals surface area contributed by atoms with E-state index in [1.807, 2.05) is 45.0 Å². The van der Waals surface area contributed by atoms with Crippen molar-refractivity contribution in [3.8, 4) is 0 Å². The zero-order valence-corrected chi connectivity index (χ0v) is 16.2. The molecular formula is C16H26IN5O. The van der Waals surface area contributed by atoms with E-state index in [2.05, 4.69) is 27.5 Å². The van der Waals surface area contributed by atoms with Crippen molar-refractivity contribution in [3.05, 3.63) is 42.0 Å². The zero-order chi connectivity index (χ0) is 16.5. The van der Waals surface area contributed by atoms with Gasteiger partial charge in [0.05, 0.1) is 6.54 Å². The number of amides is 2. The van der Waals surface area contributed by atoms with Crippen LogP contribution in [0.5, 0.6) is 0 Å². The maximum atomic E-state index is 11.6. The second-order valence-corrected chi connectivity index (χ2v) is 5.46. The number of rotatable bonds is 6. The molecule has 5 N–H and O–H groups in total. The smallest absolute Gasteiger partial charge is 0.319 e. The van der Waals surface area contributed by atoms with Gasteiger partial charge in [-0.1, -0.05) is 24.3 Å². The van der Waals surface area contributed by atoms with Gasteiger partial charge in [-0.15, -0.1) is 24.0 Å². The van der Waals surface area contributed by atoms with Crippen LogP contribution in [0.3, 0.4) is 0 Å². The van der Waals surface area contributed by atoms with E-state index in [1.54, 1.807) is 0 Å². The fraction of sp³-hybridized carbons (Fsp3) is 0.375. The number of nitrogens with two attached hydrogens (primary N) is 1. The molecule has 0 saturated carbocycles. The van der Waals surface area contributed by atoms with Crippen LogP contribution in [0.2, 0.25) is 0 Å². The quantitative estimate of drug-likeness (QED) is 0.242. The number of benzene rings is 1. The predicted octanol–water partition coefficient (Wildman–Crippen LogP) is 2.81. The number of nitrogens with zero attached hydrogens (tertiary/aromatic N) is 1. The first-order valence-electron chi connectivity index (χ1n) is 7.21. The lowest BCUT2D eigenvalue weighted by Crippen LogP contribution is -2.34. The van der Waals surface area contributed by atoms with E-state index in [4.69, 9.17) is 5.73 Å². The van der Waals surface area contributed by atoms with Gasteiger partial charge in [0.2, 0.25) is 0 Å². The lowest BCUT2D eigenvalue weighted by atomic mass is 10.2. The van der Waals surface area contributed by atoms with Gasteiger partial charge >= 0.3 is 6.03 Å². The van der Waals surface area contributed by atoms with E-state index in [0.717, 1.165) is 16.8 Å². The van der Waals surface area contributed by atoms with Crippen molar-refractivity contribution in [1.82, 2.24) is 10.6 Å². The largest absolute Gasteiger partial charge is 0.370 e. The van der Waals surface area contributed by atoms with Crippen molar-refractivity contribution in [2.75, 3.05) is 11.9 Å². The highest BCUT2D eigenvalue weighted by Gasteiger charge is 2.03. The molecule has 1 aromatic rings. The Labute approximate surface area is 155 Å². The summed E-state index contributed by atoms with van der Waals surface area (Å²) in [5.41, 5.74) is 8.48. The van der Waals surface area contributed by atoms with Crippen LogP contribution in [-0.4, -0.2) is 24.6 Å². The molecule has 0 spiro atoms. The van der Waals surface area contributed by atoms with Crippen LogP contribution in [0.1, 0.15) is 26.3 Å². The molecule has 0 bridgehead atoms. The topological polar surface area (TPSA) is 91.5 Å². The van der Waals surface area contributed by atoms with E-state index in [0.29, 0.717) is 19.0 Å². The Kier molecular flexibility index (Phi) is 10.0. The number of guanidine groups is 1. The minimum Gasteiger partial charge on any atom is -0.370 e. The molecule has 128 valence electrons. The Balaban J connectivity index is 0.00000484. The zero-order valence-electron chi connectivity index (χ0n) is 13.8. The number of aliphatic imine (C=N–C) groups is 1. The molecular weight excluding hydrogens is 405 g/mol. The van der Waals surface area contributed by atoms with Crippen LogP contribution in [0, 0.1) is 0 Å². The van der Waals surface area contributed by atoms with E-state index in [1.165, 1.54) is 0 Å². The third kappa shape index (κ3) is 9.77. The number of hydrogen-bond donors (Lipinski definition) is 4. The van der Waals surface area contributed by atoms with Gasteiger partial charge in [-0.05, 0) is 38.5 Å². The van der Waals surface area contributed by atoms with Gasteiger partial charge in [0, 0.05) is 18.3 Å². The molecule has 0 aromatic heterocycles. The first kappa shape index (κ1) is 21.2. The molecule has 0 unspecified atom stereocenters. The number of nitrogens with one attached hydrogen (secondary N) is 3. The van der Waals surface area contributed by atoms with Gasteiger partial charge in [0.1, 0.15) is 0 Å². The van der Waals surface area contributed by atoms with Crippen molar-refractivity contribution >= 4 is 41.7 Å². The Morgan fingerprint density at radius 1 is 1.30 bits per heavy atom. The van der Waals surface area contributed by atoms with Crippen molar-refractivity contribution in [2.24, 2.45) is 10.7 Å². The second kappa shape index (κ2) is 10.9. The molecule has 2 amide bonds. The molecule has 0 saturated heterocycles. The molecule has 0 aliphatic carbocycles. The minimum absolute atomic E-state index is 0. The van der Waals surface area contributed by atoms with Gasteiger partial charge in [-0.3, -0.25) is 0 Å². The van der Waals surface area contributed by atoms with Gasteiger partial charge in [0.25, 0.3) is 0 Å². The Morgan fingerprint density at radius 2 is 1.91 bits per heavy atom. The van der Waals surface area contributed by atoms with E-state index in [9.17, 15) is 4.79 Å². The van der Waals surface area contributed by atoms with Crippen LogP contribution in [-0.2, 0) is 6.54 Å². The summed E-state index contributed by atoms with van der Waals surface area (Å²) in [6.45, 7) is 10.6. The van der Waals surface area contributed by atoms with Crippen LogP contribution in [0.25, 0.3) is 0 Å². The fourth-order valence-corrected chi connectivity index (χ4v) is 1.60. The third-order valence-electron chi connectivity index (χ3n) is 2.63. The minimum atomic E-state index is -0.214. The molecule has 1 rings (SSSR count). The summed E-state index contributed by atoms with van der Waals surface area (Å²) in [5.74, 6) is 0.390. The maximum absolute atomic E-state index is 11.6. The molecule has 0 aliphatic heterocycles. The van der Waals surface area contributed by atoms with E-state index < -0.39 is 0 Å². The molecule has 0 aliphatic rings. The van der Waals surface area contributed by atoms with Gasteiger partial charge in [0.15, 0.2) is 5.96 Å². The summed E-state index contributed by atoms with van der Waals surface area (Å²) in [6.07, 6.45) is 0. The summed E-state index contributed by atoms with van der Waals surface area (Å²) < 4.78 is 0. The molecule has 7 heteroatoms. The Bertz CT molecular complexity index is 540. The number of halogens is 1. The fourth-order valence-electron chi connectivity index (χ4n) is 1.60. The van der Waals surface area contributed by atoms with Crippen molar-refractivity contribution in [1.29, 1.82) is 0 Å². The van der Waals surface area contributed by atoms with E-state index >= 15 is 0 Å². The van der Waals surface area contributed by atoms with Crippen molar-refractivity contribution in [3.63, 3.8) is 0 Å². The highest BCUT2D eigenvalue weighted by molar-refractivity contribution is 14.0. The average Bonchev–Trinajstić information content (AvgIpc) is 2.43. The van der Waals surface area contributed by atoms with Gasteiger partial charge < -0.3 is 21.7 Å². The van der Waals surface area contributed by atoms with Crippen LogP contribution in [0.15, 0.2) is 41.4 Å². The summed E-state index contributed by atoms with van der Waals surface area (Å²) in [4.78, 5) is 15.8. The Hall–Kier alpha value is -1.77. The van der Waals surface area contributed by atoms with E-state index in [-0.39, 0.29) is 36.0 Å². The lowest BCUT2D eigenvalue weighted by molar-refractivity contribution is 0.250. The lowest BCUT2D eigenvalue weighted by Gasteiger charge is -2.10. The number of hydrogen-bond acceptors (Lipinski definition) is 2. The van der Waals surface area contributed by atoms with Gasteiger partial charge in [-0.25, -0.2) is 9.79 Å². The molecule has 0 heterocycles. The van der Waals surface area contributed by atoms with Gasteiger partial charge in [-0.2, -0.15) is 0 Å². The standard InChI is InChI=1S/C16H25N5O.HI/c1-11(2)9-18-15(17)19-10-13-5-7-14(8-6-13)21-16(22)20-12(3)4;/h5-8,12H,1,9-10H2,2-4H3,(H3,17,18,19)(H2,20,21,22);1H. The van der Waals surface area contributed by atoms with Crippen molar-refractivity contribution in [2.45, 2.75) is 33.4 Å². The summed E-state index contributed by atoms with van der Waals surface area (Å²) >= 11 is 0. The number of carbonyl (C=O) groups is 1. The number of anilines is 1. The first-order valence-corrected chi connectivity index (χ1v) is 7.21. The molecule has 23 heavy (non-hydrogen) atoms. The summed E-state index contributed by atoms with van der Waals surface area (Å²) in [5, 5.41) is 8.50. The average molecular weight is 431 g/mol.